The summed E-state index contributed by atoms with van der Waals surface area (Å²) in [5, 5.41) is 18.7. The van der Waals surface area contributed by atoms with E-state index >= 15 is 0 Å². The molecule has 3 rings (SSSR count). The lowest BCUT2D eigenvalue weighted by Crippen LogP contribution is -2.01. The maximum atomic E-state index is 9.68. The molecule has 7 nitrogen and oxygen atoms in total. The molecule has 0 radical (unpaired) electrons. The fraction of sp³-hybridized carbons (Fsp3) is 0.136. The van der Waals surface area contributed by atoms with E-state index in [0.717, 1.165) is 5.56 Å². The summed E-state index contributed by atoms with van der Waals surface area (Å²) in [5.41, 5.74) is 9.37. The second-order valence-corrected chi connectivity index (χ2v) is 6.02. The van der Waals surface area contributed by atoms with Gasteiger partial charge in [-0.1, -0.05) is 12.1 Å². The smallest absolute Gasteiger partial charge is 0.164 e. The summed E-state index contributed by atoms with van der Waals surface area (Å²) >= 11 is 0. The van der Waals surface area contributed by atoms with Gasteiger partial charge in [-0.2, -0.15) is 10.5 Å². The number of methoxy groups -OCH3 is 3. The maximum absolute atomic E-state index is 9.68. The molecule has 0 spiro atoms. The van der Waals surface area contributed by atoms with E-state index in [1.165, 1.54) is 21.3 Å². The van der Waals surface area contributed by atoms with Gasteiger partial charge in [0.2, 0.25) is 0 Å². The first-order valence-electron chi connectivity index (χ1n) is 8.57. The molecule has 3 aromatic rings. The SMILES string of the molecule is COc1cc(OC)c(-c2cc(-c3ccc(C#N)cc3)nc(N)c2C#N)cc1OC. The van der Waals surface area contributed by atoms with Gasteiger partial charge in [0, 0.05) is 22.8 Å². The van der Waals surface area contributed by atoms with Gasteiger partial charge in [-0.15, -0.1) is 0 Å². The van der Waals surface area contributed by atoms with Gasteiger partial charge in [0.25, 0.3) is 0 Å². The predicted molar refractivity (Wildman–Crippen MR) is 109 cm³/mol. The van der Waals surface area contributed by atoms with Crippen molar-refractivity contribution in [2.24, 2.45) is 0 Å². The number of nitrogens with two attached hydrogens (primary N) is 1. The molecule has 1 aromatic heterocycles. The number of nitrogens with zero attached hydrogens (tertiary/aromatic N) is 3. The molecule has 0 saturated carbocycles. The standard InChI is InChI=1S/C22H18N4O3/c1-27-19-10-21(29-3)20(28-2)9-16(19)15-8-18(26-22(25)17(15)12-24)14-6-4-13(11-23)5-7-14/h4-10H,1-3H3,(H2,25,26). The Morgan fingerprint density at radius 1 is 0.793 bits per heavy atom. The number of pyridine rings is 1. The first kappa shape index (κ1) is 19.5. The molecule has 2 N–H and O–H groups in total. The van der Waals surface area contributed by atoms with Gasteiger partial charge in [0.1, 0.15) is 23.2 Å². The Morgan fingerprint density at radius 2 is 1.41 bits per heavy atom. The van der Waals surface area contributed by atoms with Crippen molar-refractivity contribution in [3.63, 3.8) is 0 Å². The summed E-state index contributed by atoms with van der Waals surface area (Å²) < 4.78 is 16.2. The average Bonchev–Trinajstić information content (AvgIpc) is 2.77. The lowest BCUT2D eigenvalue weighted by atomic mass is 9.97. The van der Waals surface area contributed by atoms with E-state index in [0.29, 0.717) is 39.6 Å². The zero-order valence-corrected chi connectivity index (χ0v) is 16.2. The Morgan fingerprint density at radius 3 is 1.97 bits per heavy atom. The van der Waals surface area contributed by atoms with Crippen molar-refractivity contribution in [2.75, 3.05) is 27.1 Å². The largest absolute Gasteiger partial charge is 0.496 e. The second kappa shape index (κ2) is 8.20. The zero-order chi connectivity index (χ0) is 21.0. The minimum Gasteiger partial charge on any atom is -0.496 e. The lowest BCUT2D eigenvalue weighted by Gasteiger charge is -2.16. The highest BCUT2D eigenvalue weighted by atomic mass is 16.5. The molecular weight excluding hydrogens is 368 g/mol. The molecule has 1 heterocycles. The van der Waals surface area contributed by atoms with Crippen LogP contribution in [0.3, 0.4) is 0 Å². The molecule has 0 atom stereocenters. The topological polar surface area (TPSA) is 114 Å². The highest BCUT2D eigenvalue weighted by Crippen LogP contribution is 2.42. The molecule has 0 aliphatic carbocycles. The minimum absolute atomic E-state index is 0.0983. The number of nitrogen functional groups attached to an aromatic ring is 1. The monoisotopic (exact) mass is 386 g/mol. The first-order chi connectivity index (χ1) is 14.1. The fourth-order valence-electron chi connectivity index (χ4n) is 3.00. The van der Waals surface area contributed by atoms with Gasteiger partial charge in [-0.3, -0.25) is 0 Å². The van der Waals surface area contributed by atoms with Crippen LogP contribution in [0.25, 0.3) is 22.4 Å². The highest BCUT2D eigenvalue weighted by molar-refractivity contribution is 5.84. The Bertz CT molecular complexity index is 1140. The van der Waals surface area contributed by atoms with Gasteiger partial charge in [-0.05, 0) is 24.3 Å². The highest BCUT2D eigenvalue weighted by Gasteiger charge is 2.19. The van der Waals surface area contributed by atoms with Gasteiger partial charge in [0.15, 0.2) is 11.5 Å². The molecule has 0 bridgehead atoms. The zero-order valence-electron chi connectivity index (χ0n) is 16.2. The summed E-state index contributed by atoms with van der Waals surface area (Å²) in [6.07, 6.45) is 0. The molecule has 0 saturated heterocycles. The molecule has 0 unspecified atom stereocenters. The molecule has 0 fully saturated rings. The molecule has 7 heteroatoms. The third-order valence-electron chi connectivity index (χ3n) is 4.46. The molecule has 0 amide bonds. The van der Waals surface area contributed by atoms with Gasteiger partial charge in [0.05, 0.1) is 38.7 Å². The van der Waals surface area contributed by atoms with Crippen molar-refractivity contribution in [1.29, 1.82) is 10.5 Å². The molecule has 0 aliphatic heterocycles. The van der Waals surface area contributed by atoms with E-state index in [2.05, 4.69) is 17.1 Å². The van der Waals surface area contributed by atoms with Gasteiger partial charge < -0.3 is 19.9 Å². The molecule has 29 heavy (non-hydrogen) atoms. The van der Waals surface area contributed by atoms with Gasteiger partial charge in [-0.25, -0.2) is 4.98 Å². The Kier molecular flexibility index (Phi) is 5.52. The number of aromatic nitrogens is 1. The number of rotatable bonds is 5. The van der Waals surface area contributed by atoms with E-state index in [4.69, 9.17) is 25.2 Å². The summed E-state index contributed by atoms with van der Waals surface area (Å²) in [4.78, 5) is 4.36. The van der Waals surface area contributed by atoms with Crippen LogP contribution in [-0.4, -0.2) is 26.3 Å². The van der Waals surface area contributed by atoms with Crippen LogP contribution in [0.15, 0.2) is 42.5 Å². The third kappa shape index (κ3) is 3.62. The van der Waals surface area contributed by atoms with Crippen LogP contribution < -0.4 is 19.9 Å². The van der Waals surface area contributed by atoms with E-state index in [-0.39, 0.29) is 11.4 Å². The van der Waals surface area contributed by atoms with Crippen molar-refractivity contribution < 1.29 is 14.2 Å². The summed E-state index contributed by atoms with van der Waals surface area (Å²) in [7, 11) is 4.59. The van der Waals surface area contributed by atoms with Gasteiger partial charge >= 0.3 is 0 Å². The lowest BCUT2D eigenvalue weighted by molar-refractivity contribution is 0.349. The van der Waals surface area contributed by atoms with Crippen LogP contribution in [0.2, 0.25) is 0 Å². The number of benzene rings is 2. The Labute approximate surface area is 168 Å². The summed E-state index contributed by atoms with van der Waals surface area (Å²) in [6.45, 7) is 0. The number of anilines is 1. The van der Waals surface area contributed by atoms with Crippen LogP contribution in [0.4, 0.5) is 5.82 Å². The van der Waals surface area contributed by atoms with Crippen LogP contribution in [0.5, 0.6) is 17.2 Å². The van der Waals surface area contributed by atoms with Crippen LogP contribution in [0.1, 0.15) is 11.1 Å². The van der Waals surface area contributed by atoms with E-state index in [1.807, 2.05) is 0 Å². The average molecular weight is 386 g/mol. The second-order valence-electron chi connectivity index (χ2n) is 6.02. The maximum Gasteiger partial charge on any atom is 0.164 e. The van der Waals surface area contributed by atoms with Crippen molar-refractivity contribution in [3.8, 4) is 51.8 Å². The molecular formula is C22H18N4O3. The first-order valence-corrected chi connectivity index (χ1v) is 8.57. The summed E-state index contributed by atoms with van der Waals surface area (Å²) in [6, 6.07) is 16.3. The summed E-state index contributed by atoms with van der Waals surface area (Å²) in [5.74, 6) is 1.58. The molecule has 0 aliphatic rings. The minimum atomic E-state index is 0.0983. The third-order valence-corrected chi connectivity index (χ3v) is 4.46. The van der Waals surface area contributed by atoms with Crippen molar-refractivity contribution in [3.05, 3.63) is 53.6 Å². The number of hydrogen-bond donors (Lipinski definition) is 1. The van der Waals surface area contributed by atoms with E-state index in [9.17, 15) is 5.26 Å². The quantitative estimate of drug-likeness (QED) is 0.710. The van der Waals surface area contributed by atoms with Crippen LogP contribution >= 0.6 is 0 Å². The number of ether oxygens (including phenoxy) is 3. The normalized spacial score (nSPS) is 9.97. The van der Waals surface area contributed by atoms with E-state index in [1.54, 1.807) is 42.5 Å². The fourth-order valence-corrected chi connectivity index (χ4v) is 3.00. The van der Waals surface area contributed by atoms with Crippen LogP contribution in [0, 0.1) is 22.7 Å². The Balaban J connectivity index is 2.27. The molecule has 144 valence electrons. The van der Waals surface area contributed by atoms with E-state index < -0.39 is 0 Å². The number of hydrogen-bond acceptors (Lipinski definition) is 7. The predicted octanol–water partition coefficient (Wildman–Crippen LogP) is 3.77. The van der Waals surface area contributed by atoms with Crippen molar-refractivity contribution in [1.82, 2.24) is 4.98 Å². The number of nitriles is 2. The molecule has 2 aromatic carbocycles. The van der Waals surface area contributed by atoms with Crippen molar-refractivity contribution >= 4 is 5.82 Å². The van der Waals surface area contributed by atoms with Crippen LogP contribution in [-0.2, 0) is 0 Å². The van der Waals surface area contributed by atoms with Crippen molar-refractivity contribution in [2.45, 2.75) is 0 Å². The Hall–Kier alpha value is -4.23.